The summed E-state index contributed by atoms with van der Waals surface area (Å²) >= 11 is 7.45. The van der Waals surface area contributed by atoms with Crippen LogP contribution in [0, 0.1) is 6.92 Å². The summed E-state index contributed by atoms with van der Waals surface area (Å²) in [6.45, 7) is 0.821. The van der Waals surface area contributed by atoms with Gasteiger partial charge in [-0.3, -0.25) is 9.48 Å². The predicted octanol–water partition coefficient (Wildman–Crippen LogP) is 4.69. The second-order valence-corrected chi connectivity index (χ2v) is 7.25. The first-order valence-electron chi connectivity index (χ1n) is 7.74. The van der Waals surface area contributed by atoms with E-state index in [1.54, 1.807) is 10.7 Å². The maximum Gasteiger partial charge on any atom is 0.387 e. The molecule has 9 heteroatoms. The van der Waals surface area contributed by atoms with Crippen LogP contribution in [0.15, 0.2) is 24.4 Å². The number of carbonyl (C=O) groups excluding carboxylic acids is 1. The van der Waals surface area contributed by atoms with Crippen molar-refractivity contribution in [2.24, 2.45) is 7.05 Å². The van der Waals surface area contributed by atoms with E-state index < -0.39 is 6.61 Å². The van der Waals surface area contributed by atoms with E-state index in [0.29, 0.717) is 20.0 Å². The van der Waals surface area contributed by atoms with Crippen LogP contribution < -0.4 is 10.1 Å². The maximum atomic E-state index is 12.6. The van der Waals surface area contributed by atoms with Gasteiger partial charge in [0.25, 0.3) is 5.91 Å². The van der Waals surface area contributed by atoms with Crippen molar-refractivity contribution in [1.82, 2.24) is 15.1 Å². The number of rotatable bonds is 5. The molecule has 0 radical (unpaired) electrons. The zero-order valence-corrected chi connectivity index (χ0v) is 15.8. The molecule has 138 valence electrons. The fourth-order valence-corrected chi connectivity index (χ4v) is 4.20. The first-order chi connectivity index (χ1) is 12.3. The van der Waals surface area contributed by atoms with E-state index in [0.717, 1.165) is 22.6 Å². The fourth-order valence-electron chi connectivity index (χ4n) is 2.75. The summed E-state index contributed by atoms with van der Waals surface area (Å²) in [6.07, 6.45) is 1.85. The van der Waals surface area contributed by atoms with E-state index in [1.807, 2.05) is 27.1 Å². The van der Waals surface area contributed by atoms with E-state index in [9.17, 15) is 13.6 Å². The highest BCUT2D eigenvalue weighted by Crippen LogP contribution is 2.37. The van der Waals surface area contributed by atoms with Gasteiger partial charge in [-0.1, -0.05) is 11.6 Å². The van der Waals surface area contributed by atoms with Crippen LogP contribution in [-0.4, -0.2) is 22.3 Å². The van der Waals surface area contributed by atoms with E-state index in [2.05, 4.69) is 15.2 Å². The smallest absolute Gasteiger partial charge is 0.387 e. The van der Waals surface area contributed by atoms with Gasteiger partial charge in [0.2, 0.25) is 0 Å². The molecular formula is C17H16ClF2N3O2S. The number of hydrogen-bond acceptors (Lipinski definition) is 4. The Morgan fingerprint density at radius 2 is 2.15 bits per heavy atom. The summed E-state index contributed by atoms with van der Waals surface area (Å²) in [4.78, 5) is 13.0. The van der Waals surface area contributed by atoms with Crippen molar-refractivity contribution < 1.29 is 18.3 Å². The molecule has 1 unspecified atom stereocenters. The highest BCUT2D eigenvalue weighted by Gasteiger charge is 2.21. The molecule has 1 amide bonds. The Bertz CT molecular complexity index is 970. The zero-order valence-electron chi connectivity index (χ0n) is 14.2. The molecule has 2 heterocycles. The second kappa shape index (κ2) is 7.20. The monoisotopic (exact) mass is 399 g/mol. The third-order valence-corrected chi connectivity index (χ3v) is 5.55. The Morgan fingerprint density at radius 3 is 2.77 bits per heavy atom. The molecule has 0 saturated carbocycles. The molecule has 1 N–H and O–H groups in total. The first kappa shape index (κ1) is 18.6. The van der Waals surface area contributed by atoms with E-state index in [1.165, 1.54) is 12.1 Å². The van der Waals surface area contributed by atoms with Gasteiger partial charge >= 0.3 is 6.61 Å². The van der Waals surface area contributed by atoms with Gasteiger partial charge in [-0.15, -0.1) is 11.3 Å². The van der Waals surface area contributed by atoms with Crippen LogP contribution in [0.2, 0.25) is 5.02 Å². The molecule has 3 rings (SSSR count). The summed E-state index contributed by atoms with van der Waals surface area (Å²) < 4.78 is 31.4. The summed E-state index contributed by atoms with van der Waals surface area (Å²) in [7, 11) is 1.81. The van der Waals surface area contributed by atoms with Gasteiger partial charge < -0.3 is 10.1 Å². The van der Waals surface area contributed by atoms with Crippen LogP contribution in [0.4, 0.5) is 8.78 Å². The number of aryl methyl sites for hydroxylation is 2. The maximum absolute atomic E-state index is 12.6. The van der Waals surface area contributed by atoms with Crippen LogP contribution in [0.1, 0.15) is 33.9 Å². The third kappa shape index (κ3) is 3.66. The van der Waals surface area contributed by atoms with Gasteiger partial charge in [0.1, 0.15) is 10.6 Å². The Labute approximate surface area is 157 Å². The van der Waals surface area contributed by atoms with Crippen molar-refractivity contribution in [3.05, 3.63) is 45.6 Å². The number of benzene rings is 1. The molecule has 0 bridgehead atoms. The number of halogens is 3. The standard InChI is InChI=1S/C17H16ClF2N3O2S/c1-8(12-7-23(3)22-9(12)2)21-16(24)15-14(18)11-5-4-10(25-17(19)20)6-13(11)26-15/h4-8,17H,1-3H3,(H,21,24). The summed E-state index contributed by atoms with van der Waals surface area (Å²) in [6, 6.07) is 4.16. The quantitative estimate of drug-likeness (QED) is 0.677. The largest absolute Gasteiger partial charge is 0.435 e. The fraction of sp³-hybridized carbons (Fsp3) is 0.294. The van der Waals surface area contributed by atoms with Gasteiger partial charge in [-0.2, -0.15) is 13.9 Å². The molecular weight excluding hydrogens is 384 g/mol. The molecule has 0 aliphatic heterocycles. The minimum Gasteiger partial charge on any atom is -0.435 e. The number of ether oxygens (including phenoxy) is 1. The Balaban J connectivity index is 1.85. The number of fused-ring (bicyclic) bond motifs is 1. The van der Waals surface area contributed by atoms with Crippen molar-refractivity contribution in [2.75, 3.05) is 0 Å². The summed E-state index contributed by atoms with van der Waals surface area (Å²) in [5.41, 5.74) is 1.74. The molecule has 1 atom stereocenters. The molecule has 26 heavy (non-hydrogen) atoms. The van der Waals surface area contributed by atoms with Gasteiger partial charge in [0.15, 0.2) is 0 Å². The van der Waals surface area contributed by atoms with Gasteiger partial charge in [0, 0.05) is 28.9 Å². The number of nitrogens with zero attached hydrogens (tertiary/aromatic N) is 2. The number of hydrogen-bond donors (Lipinski definition) is 1. The van der Waals surface area contributed by atoms with Crippen molar-refractivity contribution >= 4 is 38.9 Å². The molecule has 5 nitrogen and oxygen atoms in total. The van der Waals surface area contributed by atoms with Crippen LogP contribution in [-0.2, 0) is 7.05 Å². The van der Waals surface area contributed by atoms with Crippen LogP contribution in [0.3, 0.4) is 0 Å². The number of carbonyl (C=O) groups is 1. The van der Waals surface area contributed by atoms with Gasteiger partial charge in [-0.25, -0.2) is 0 Å². The molecule has 0 fully saturated rings. The SMILES string of the molecule is Cc1nn(C)cc1C(C)NC(=O)c1sc2cc(OC(F)F)ccc2c1Cl. The highest BCUT2D eigenvalue weighted by atomic mass is 35.5. The number of thiophene rings is 1. The van der Waals surface area contributed by atoms with Crippen molar-refractivity contribution in [3.63, 3.8) is 0 Å². The van der Waals surface area contributed by atoms with Crippen molar-refractivity contribution in [3.8, 4) is 5.75 Å². The lowest BCUT2D eigenvalue weighted by Crippen LogP contribution is -2.26. The first-order valence-corrected chi connectivity index (χ1v) is 8.93. The Kier molecular flexibility index (Phi) is 5.15. The number of alkyl halides is 2. The number of amides is 1. The lowest BCUT2D eigenvalue weighted by Gasteiger charge is -2.12. The van der Waals surface area contributed by atoms with Crippen molar-refractivity contribution in [1.29, 1.82) is 0 Å². The van der Waals surface area contributed by atoms with Gasteiger partial charge in [0.05, 0.1) is 16.8 Å². The molecule has 0 aliphatic rings. The third-order valence-electron chi connectivity index (χ3n) is 3.90. The summed E-state index contributed by atoms with van der Waals surface area (Å²) in [5, 5.41) is 8.07. The lowest BCUT2D eigenvalue weighted by molar-refractivity contribution is -0.0497. The predicted molar refractivity (Wildman–Crippen MR) is 97.3 cm³/mol. The number of nitrogens with one attached hydrogen (secondary N) is 1. The molecule has 0 aliphatic carbocycles. The van der Waals surface area contributed by atoms with Gasteiger partial charge in [-0.05, 0) is 32.0 Å². The normalized spacial score (nSPS) is 12.6. The molecule has 0 spiro atoms. The average molecular weight is 400 g/mol. The molecule has 3 aromatic rings. The highest BCUT2D eigenvalue weighted by molar-refractivity contribution is 7.21. The molecule has 2 aromatic heterocycles. The minimum absolute atomic E-state index is 0.0247. The average Bonchev–Trinajstić information content (AvgIpc) is 3.06. The zero-order chi connectivity index (χ0) is 19.0. The minimum atomic E-state index is -2.91. The summed E-state index contributed by atoms with van der Waals surface area (Å²) in [5.74, 6) is -0.306. The van der Waals surface area contributed by atoms with E-state index in [4.69, 9.17) is 11.6 Å². The van der Waals surface area contributed by atoms with E-state index >= 15 is 0 Å². The van der Waals surface area contributed by atoms with Crippen LogP contribution in [0.5, 0.6) is 5.75 Å². The Morgan fingerprint density at radius 1 is 1.42 bits per heavy atom. The Hall–Kier alpha value is -2.19. The van der Waals surface area contributed by atoms with E-state index in [-0.39, 0.29) is 17.7 Å². The molecule has 1 aromatic carbocycles. The second-order valence-electron chi connectivity index (χ2n) is 5.82. The van der Waals surface area contributed by atoms with Crippen LogP contribution >= 0.6 is 22.9 Å². The lowest BCUT2D eigenvalue weighted by atomic mass is 10.1. The topological polar surface area (TPSA) is 56.2 Å². The number of aromatic nitrogens is 2. The van der Waals surface area contributed by atoms with Crippen LogP contribution in [0.25, 0.3) is 10.1 Å². The molecule has 0 saturated heterocycles. The van der Waals surface area contributed by atoms with Crippen molar-refractivity contribution in [2.45, 2.75) is 26.5 Å².